The van der Waals surface area contributed by atoms with Gasteiger partial charge in [-0.15, -0.1) is 0 Å². The fourth-order valence-corrected chi connectivity index (χ4v) is 3.41. The number of anilines is 1. The quantitative estimate of drug-likeness (QED) is 0.614. The molecule has 0 saturated carbocycles. The summed E-state index contributed by atoms with van der Waals surface area (Å²) in [5, 5.41) is 2.92. The van der Waals surface area contributed by atoms with Gasteiger partial charge in [0.15, 0.2) is 5.16 Å². The number of thioether (sulfide) groups is 1. The number of carbonyl (C=O) groups excluding carboxylic acids is 1. The normalized spacial score (nSPS) is 13.0. The Morgan fingerprint density at radius 1 is 1.43 bits per heavy atom. The minimum Gasteiger partial charge on any atom is -0.323 e. The fourth-order valence-electron chi connectivity index (χ4n) is 2.40. The zero-order valence-corrected chi connectivity index (χ0v) is 14.4. The minimum absolute atomic E-state index is 0.0389. The van der Waals surface area contributed by atoms with Crippen molar-refractivity contribution in [2.75, 3.05) is 11.1 Å². The first-order valence-electron chi connectivity index (χ1n) is 7.02. The molecule has 5 nitrogen and oxygen atoms in total. The van der Waals surface area contributed by atoms with E-state index in [9.17, 15) is 14.0 Å². The average Bonchev–Trinajstić information content (AvgIpc) is 2.97. The van der Waals surface area contributed by atoms with Gasteiger partial charge in [-0.1, -0.05) is 27.7 Å². The predicted molar refractivity (Wildman–Crippen MR) is 90.3 cm³/mol. The van der Waals surface area contributed by atoms with Gasteiger partial charge in [0.25, 0.3) is 5.56 Å². The van der Waals surface area contributed by atoms with Gasteiger partial charge in [0.1, 0.15) is 5.82 Å². The second-order valence-corrected chi connectivity index (χ2v) is 6.99. The van der Waals surface area contributed by atoms with Crippen LogP contribution in [0.4, 0.5) is 10.1 Å². The first-order chi connectivity index (χ1) is 11.0. The standard InChI is InChI=1S/C15H13BrFN3O2S/c16-8-4-5-12(10(17)6-8)18-13(21)7-23-15-19-11-3-1-2-9(11)14(22)20-15/h4-6H,1-3,7H2,(H,18,21)(H,19,20,22). The van der Waals surface area contributed by atoms with Crippen molar-refractivity contribution in [3.05, 3.63) is 50.1 Å². The van der Waals surface area contributed by atoms with Crippen LogP contribution >= 0.6 is 27.7 Å². The number of aromatic nitrogens is 2. The van der Waals surface area contributed by atoms with Gasteiger partial charge < -0.3 is 10.3 Å². The molecule has 0 aliphatic heterocycles. The van der Waals surface area contributed by atoms with Crippen LogP contribution in [0.2, 0.25) is 0 Å². The number of aromatic amines is 1. The fraction of sp³-hybridized carbons (Fsp3) is 0.267. The summed E-state index contributed by atoms with van der Waals surface area (Å²) in [6, 6.07) is 4.41. The van der Waals surface area contributed by atoms with E-state index in [0.717, 1.165) is 42.3 Å². The predicted octanol–water partition coefficient (Wildman–Crippen LogP) is 2.89. The molecule has 0 bridgehead atoms. The van der Waals surface area contributed by atoms with Crippen LogP contribution in [0.5, 0.6) is 0 Å². The molecule has 120 valence electrons. The number of nitrogens with zero attached hydrogens (tertiary/aromatic N) is 1. The van der Waals surface area contributed by atoms with Crippen LogP contribution in [0.1, 0.15) is 17.7 Å². The van der Waals surface area contributed by atoms with E-state index in [4.69, 9.17) is 0 Å². The van der Waals surface area contributed by atoms with Gasteiger partial charge >= 0.3 is 0 Å². The van der Waals surface area contributed by atoms with E-state index in [-0.39, 0.29) is 22.9 Å². The van der Waals surface area contributed by atoms with Crippen LogP contribution in [0.25, 0.3) is 0 Å². The highest BCUT2D eigenvalue weighted by Crippen LogP contribution is 2.21. The number of nitrogens with one attached hydrogen (secondary N) is 2. The summed E-state index contributed by atoms with van der Waals surface area (Å²) >= 11 is 4.28. The molecule has 2 aromatic rings. The number of benzene rings is 1. The first kappa shape index (κ1) is 16.2. The molecule has 1 aliphatic rings. The van der Waals surface area contributed by atoms with E-state index < -0.39 is 5.82 Å². The summed E-state index contributed by atoms with van der Waals surface area (Å²) in [6.45, 7) is 0. The highest BCUT2D eigenvalue weighted by Gasteiger charge is 2.17. The Morgan fingerprint density at radius 3 is 3.04 bits per heavy atom. The summed E-state index contributed by atoms with van der Waals surface area (Å²) in [5.74, 6) is -0.835. The van der Waals surface area contributed by atoms with Crippen LogP contribution in [0.15, 0.2) is 32.6 Å². The Balaban J connectivity index is 1.63. The highest BCUT2D eigenvalue weighted by molar-refractivity contribution is 9.10. The van der Waals surface area contributed by atoms with Crippen LogP contribution in [0.3, 0.4) is 0 Å². The largest absolute Gasteiger partial charge is 0.323 e. The van der Waals surface area contributed by atoms with Gasteiger partial charge in [-0.2, -0.15) is 0 Å². The van der Waals surface area contributed by atoms with Crippen molar-refractivity contribution in [1.29, 1.82) is 0 Å². The Hall–Kier alpha value is -1.67. The maximum absolute atomic E-state index is 13.7. The Bertz CT molecular complexity index is 825. The van der Waals surface area contributed by atoms with E-state index in [1.807, 2.05) is 0 Å². The van der Waals surface area contributed by atoms with Crippen LogP contribution < -0.4 is 10.9 Å². The molecule has 1 aromatic carbocycles. The highest BCUT2D eigenvalue weighted by atomic mass is 79.9. The summed E-state index contributed by atoms with van der Waals surface area (Å²) in [5.41, 5.74) is 1.55. The van der Waals surface area contributed by atoms with E-state index in [1.165, 1.54) is 12.1 Å². The van der Waals surface area contributed by atoms with Crippen molar-refractivity contribution in [3.63, 3.8) is 0 Å². The van der Waals surface area contributed by atoms with E-state index >= 15 is 0 Å². The van der Waals surface area contributed by atoms with E-state index in [0.29, 0.717) is 9.63 Å². The molecule has 0 spiro atoms. The number of halogens is 2. The van der Waals surface area contributed by atoms with E-state index in [2.05, 4.69) is 31.2 Å². The monoisotopic (exact) mass is 397 g/mol. The summed E-state index contributed by atoms with van der Waals surface area (Å²) in [4.78, 5) is 30.8. The van der Waals surface area contributed by atoms with Crippen molar-refractivity contribution in [3.8, 4) is 0 Å². The molecule has 8 heteroatoms. The molecule has 0 saturated heterocycles. The number of hydrogen-bond donors (Lipinski definition) is 2. The van der Waals surface area contributed by atoms with Gasteiger partial charge in [-0.3, -0.25) is 9.59 Å². The number of H-pyrrole nitrogens is 1. The number of carbonyl (C=O) groups is 1. The zero-order chi connectivity index (χ0) is 16.4. The van der Waals surface area contributed by atoms with Crippen LogP contribution in [-0.4, -0.2) is 21.6 Å². The topological polar surface area (TPSA) is 74.8 Å². The third-order valence-corrected chi connectivity index (χ3v) is 4.83. The van der Waals surface area contributed by atoms with Crippen molar-refractivity contribution >= 4 is 39.3 Å². The molecule has 2 N–H and O–H groups in total. The zero-order valence-electron chi connectivity index (χ0n) is 12.0. The number of hydrogen-bond acceptors (Lipinski definition) is 4. The maximum Gasteiger partial charge on any atom is 0.254 e. The third kappa shape index (κ3) is 3.81. The second-order valence-electron chi connectivity index (χ2n) is 5.11. The van der Waals surface area contributed by atoms with Crippen molar-refractivity contribution < 1.29 is 9.18 Å². The van der Waals surface area contributed by atoms with Gasteiger partial charge in [0, 0.05) is 10.0 Å². The van der Waals surface area contributed by atoms with E-state index in [1.54, 1.807) is 6.07 Å². The molecule has 23 heavy (non-hydrogen) atoms. The number of rotatable bonds is 4. The van der Waals surface area contributed by atoms with Crippen LogP contribution in [-0.2, 0) is 17.6 Å². The SMILES string of the molecule is O=C(CSc1nc2c(c(=O)[nH]1)CCC2)Nc1ccc(Br)cc1F. The molecular formula is C15H13BrFN3O2S. The minimum atomic E-state index is -0.512. The van der Waals surface area contributed by atoms with Crippen molar-refractivity contribution in [2.24, 2.45) is 0 Å². The van der Waals surface area contributed by atoms with Crippen LogP contribution in [0, 0.1) is 5.82 Å². The Morgan fingerprint density at radius 2 is 2.26 bits per heavy atom. The second kappa shape index (κ2) is 6.84. The van der Waals surface area contributed by atoms with Gasteiger partial charge in [-0.05, 0) is 37.5 Å². The molecule has 0 unspecified atom stereocenters. The number of fused-ring (bicyclic) bond motifs is 1. The molecule has 1 aliphatic carbocycles. The summed E-state index contributed by atoms with van der Waals surface area (Å²) < 4.78 is 14.3. The number of aryl methyl sites for hydroxylation is 1. The van der Waals surface area contributed by atoms with Crippen molar-refractivity contribution in [1.82, 2.24) is 9.97 Å². The molecule has 3 rings (SSSR count). The van der Waals surface area contributed by atoms with Gasteiger partial charge in [0.2, 0.25) is 5.91 Å². The number of amides is 1. The summed E-state index contributed by atoms with van der Waals surface area (Å²) in [6.07, 6.45) is 2.48. The smallest absolute Gasteiger partial charge is 0.254 e. The lowest BCUT2D eigenvalue weighted by Crippen LogP contribution is -2.18. The van der Waals surface area contributed by atoms with Crippen molar-refractivity contribution in [2.45, 2.75) is 24.4 Å². The Kier molecular flexibility index (Phi) is 4.82. The lowest BCUT2D eigenvalue weighted by Gasteiger charge is -2.07. The molecule has 1 amide bonds. The van der Waals surface area contributed by atoms with Gasteiger partial charge in [0.05, 0.1) is 17.1 Å². The molecule has 0 radical (unpaired) electrons. The molecular weight excluding hydrogens is 385 g/mol. The lowest BCUT2D eigenvalue weighted by atomic mass is 10.3. The Labute approximate surface area is 144 Å². The first-order valence-corrected chi connectivity index (χ1v) is 8.80. The average molecular weight is 398 g/mol. The molecule has 1 heterocycles. The maximum atomic E-state index is 13.7. The molecule has 0 atom stereocenters. The molecule has 1 aromatic heterocycles. The lowest BCUT2D eigenvalue weighted by molar-refractivity contribution is -0.113. The summed E-state index contributed by atoms with van der Waals surface area (Å²) in [7, 11) is 0. The molecule has 0 fully saturated rings. The van der Waals surface area contributed by atoms with Gasteiger partial charge in [-0.25, -0.2) is 9.37 Å². The third-order valence-electron chi connectivity index (χ3n) is 3.46.